The molecule has 0 aliphatic heterocycles. The van der Waals surface area contributed by atoms with Crippen molar-refractivity contribution >= 4 is 12.0 Å². The lowest BCUT2D eigenvalue weighted by atomic mass is 10.0. The lowest BCUT2D eigenvalue weighted by molar-refractivity contribution is -0.130. The van der Waals surface area contributed by atoms with Gasteiger partial charge < -0.3 is 20.5 Å². The fraction of sp³-hybridized carbons (Fsp3) is 0.364. The zero-order valence-electron chi connectivity index (χ0n) is 16.5. The second-order valence-corrected chi connectivity index (χ2v) is 7.59. The van der Waals surface area contributed by atoms with Gasteiger partial charge in [-0.05, 0) is 38.3 Å². The third-order valence-corrected chi connectivity index (χ3v) is 3.96. The third kappa shape index (κ3) is 7.40. The van der Waals surface area contributed by atoms with Gasteiger partial charge in [0.25, 0.3) is 5.91 Å². The molecule has 0 saturated heterocycles. The predicted molar refractivity (Wildman–Crippen MR) is 108 cm³/mol. The number of ether oxygens (including phenoxy) is 1. The van der Waals surface area contributed by atoms with Crippen molar-refractivity contribution in [2.75, 3.05) is 0 Å². The molecule has 1 unspecified atom stereocenters. The minimum atomic E-state index is -1.42. The summed E-state index contributed by atoms with van der Waals surface area (Å²) in [5.74, 6) is -0.555. The largest absolute Gasteiger partial charge is 0.444 e. The number of carbonyl (C=O) groups is 2. The Morgan fingerprint density at radius 2 is 1.50 bits per heavy atom. The molecule has 6 nitrogen and oxygen atoms in total. The van der Waals surface area contributed by atoms with E-state index in [4.69, 9.17) is 4.74 Å². The zero-order chi connectivity index (χ0) is 20.6. The molecule has 0 saturated carbocycles. The van der Waals surface area contributed by atoms with E-state index in [-0.39, 0.29) is 0 Å². The lowest BCUT2D eigenvalue weighted by Gasteiger charge is -2.26. The smallest absolute Gasteiger partial charge is 0.407 e. The molecule has 0 radical (unpaired) electrons. The molecule has 3 N–H and O–H groups in total. The summed E-state index contributed by atoms with van der Waals surface area (Å²) in [6, 6.07) is 17.9. The minimum Gasteiger partial charge on any atom is -0.444 e. The monoisotopic (exact) mass is 384 g/mol. The Hall–Kier alpha value is -2.86. The average Bonchev–Trinajstić information content (AvgIpc) is 2.65. The van der Waals surface area contributed by atoms with Crippen molar-refractivity contribution in [1.82, 2.24) is 10.6 Å². The van der Waals surface area contributed by atoms with E-state index in [1.54, 1.807) is 20.8 Å². The maximum absolute atomic E-state index is 12.5. The van der Waals surface area contributed by atoms with Crippen LogP contribution in [0.25, 0.3) is 0 Å². The number of rotatable bonds is 7. The highest BCUT2D eigenvalue weighted by molar-refractivity contribution is 5.82. The number of alkyl carbamates (subject to hydrolysis) is 1. The fourth-order valence-corrected chi connectivity index (χ4v) is 2.64. The van der Waals surface area contributed by atoms with Gasteiger partial charge in [-0.15, -0.1) is 0 Å². The first-order valence-electron chi connectivity index (χ1n) is 9.28. The average molecular weight is 384 g/mol. The summed E-state index contributed by atoms with van der Waals surface area (Å²) in [5, 5.41) is 15.9. The molecule has 2 aromatic rings. The summed E-state index contributed by atoms with van der Waals surface area (Å²) in [6.07, 6.45) is -1.81. The molecule has 2 atom stereocenters. The first-order chi connectivity index (χ1) is 13.2. The number of hydrogen-bond acceptors (Lipinski definition) is 4. The third-order valence-electron chi connectivity index (χ3n) is 3.96. The van der Waals surface area contributed by atoms with Gasteiger partial charge in [-0.1, -0.05) is 60.7 Å². The van der Waals surface area contributed by atoms with Crippen LogP contribution in [0.5, 0.6) is 0 Å². The molecular weight excluding hydrogens is 356 g/mol. The van der Waals surface area contributed by atoms with E-state index in [0.717, 1.165) is 11.1 Å². The Kier molecular flexibility index (Phi) is 7.58. The SMILES string of the molecule is CC(C)(C)OC(=O)NC(Cc1ccccc1)[C@H](O)C(=O)NCc1ccccc1. The van der Waals surface area contributed by atoms with E-state index < -0.39 is 29.7 Å². The van der Waals surface area contributed by atoms with E-state index in [2.05, 4.69) is 10.6 Å². The molecule has 0 bridgehead atoms. The number of hydrogen-bond donors (Lipinski definition) is 3. The van der Waals surface area contributed by atoms with Crippen LogP contribution in [-0.2, 0) is 22.5 Å². The van der Waals surface area contributed by atoms with Crippen LogP contribution >= 0.6 is 0 Å². The van der Waals surface area contributed by atoms with Gasteiger partial charge in [0.1, 0.15) is 5.60 Å². The molecular formula is C22H28N2O4. The predicted octanol–water partition coefficient (Wildman–Crippen LogP) is 2.80. The molecule has 150 valence electrons. The van der Waals surface area contributed by atoms with Gasteiger partial charge in [0.15, 0.2) is 6.10 Å². The van der Waals surface area contributed by atoms with Crippen LogP contribution < -0.4 is 10.6 Å². The molecule has 6 heteroatoms. The van der Waals surface area contributed by atoms with Crippen LogP contribution in [-0.4, -0.2) is 34.9 Å². The molecule has 0 aliphatic carbocycles. The molecule has 28 heavy (non-hydrogen) atoms. The second kappa shape index (κ2) is 9.90. The van der Waals surface area contributed by atoms with Crippen molar-refractivity contribution in [2.45, 2.75) is 51.5 Å². The van der Waals surface area contributed by atoms with Gasteiger partial charge in [0.05, 0.1) is 6.04 Å². The standard InChI is InChI=1S/C22H28N2O4/c1-22(2,3)28-21(27)24-18(14-16-10-6-4-7-11-16)19(25)20(26)23-15-17-12-8-5-9-13-17/h4-13,18-19,25H,14-15H2,1-3H3,(H,23,26)(H,24,27)/t18?,19-/m0/s1. The minimum absolute atomic E-state index is 0.292. The normalized spacial score (nSPS) is 13.3. The maximum Gasteiger partial charge on any atom is 0.407 e. The Bertz CT molecular complexity index is 757. The zero-order valence-corrected chi connectivity index (χ0v) is 16.5. The molecule has 0 spiro atoms. The molecule has 0 fully saturated rings. The molecule has 2 amide bonds. The molecule has 2 aromatic carbocycles. The first kappa shape index (κ1) is 21.4. The van der Waals surface area contributed by atoms with Crippen molar-refractivity contribution in [2.24, 2.45) is 0 Å². The number of carbonyl (C=O) groups excluding carboxylic acids is 2. The number of amides is 2. The molecule has 0 aliphatic rings. The highest BCUT2D eigenvalue weighted by Gasteiger charge is 2.29. The van der Waals surface area contributed by atoms with E-state index in [9.17, 15) is 14.7 Å². The molecule has 0 aromatic heterocycles. The van der Waals surface area contributed by atoms with Crippen molar-refractivity contribution in [3.05, 3.63) is 71.8 Å². The van der Waals surface area contributed by atoms with Crippen LogP contribution in [0.2, 0.25) is 0 Å². The van der Waals surface area contributed by atoms with Crippen molar-refractivity contribution in [3.8, 4) is 0 Å². The number of aliphatic hydroxyl groups excluding tert-OH is 1. The van der Waals surface area contributed by atoms with Crippen LogP contribution in [0, 0.1) is 0 Å². The van der Waals surface area contributed by atoms with E-state index >= 15 is 0 Å². The van der Waals surface area contributed by atoms with Crippen LogP contribution in [0.3, 0.4) is 0 Å². The number of nitrogens with one attached hydrogen (secondary N) is 2. The van der Waals surface area contributed by atoms with Crippen molar-refractivity contribution in [3.63, 3.8) is 0 Å². The number of aliphatic hydroxyl groups is 1. The number of benzene rings is 2. The van der Waals surface area contributed by atoms with Gasteiger partial charge in [-0.2, -0.15) is 0 Å². The Balaban J connectivity index is 2.05. The van der Waals surface area contributed by atoms with E-state index in [0.29, 0.717) is 13.0 Å². The Labute approximate surface area is 165 Å². The van der Waals surface area contributed by atoms with Gasteiger partial charge in [0.2, 0.25) is 0 Å². The first-order valence-corrected chi connectivity index (χ1v) is 9.28. The highest BCUT2D eigenvalue weighted by atomic mass is 16.6. The second-order valence-electron chi connectivity index (χ2n) is 7.59. The summed E-state index contributed by atoms with van der Waals surface area (Å²) < 4.78 is 5.27. The van der Waals surface area contributed by atoms with Crippen LogP contribution in [0.1, 0.15) is 31.9 Å². The highest BCUT2D eigenvalue weighted by Crippen LogP contribution is 2.11. The fourth-order valence-electron chi connectivity index (χ4n) is 2.64. The van der Waals surface area contributed by atoms with Gasteiger partial charge >= 0.3 is 6.09 Å². The van der Waals surface area contributed by atoms with Crippen LogP contribution in [0.4, 0.5) is 4.79 Å². The quantitative estimate of drug-likeness (QED) is 0.685. The van der Waals surface area contributed by atoms with Gasteiger partial charge in [0, 0.05) is 6.54 Å². The topological polar surface area (TPSA) is 87.7 Å². The molecule has 0 heterocycles. The summed E-state index contributed by atoms with van der Waals surface area (Å²) in [7, 11) is 0. The Morgan fingerprint density at radius 3 is 2.04 bits per heavy atom. The van der Waals surface area contributed by atoms with Crippen molar-refractivity contribution < 1.29 is 19.4 Å². The van der Waals surface area contributed by atoms with Gasteiger partial charge in [-0.3, -0.25) is 4.79 Å². The maximum atomic E-state index is 12.5. The van der Waals surface area contributed by atoms with E-state index in [1.807, 2.05) is 60.7 Å². The summed E-state index contributed by atoms with van der Waals surface area (Å²) in [4.78, 5) is 24.7. The van der Waals surface area contributed by atoms with Crippen molar-refractivity contribution in [1.29, 1.82) is 0 Å². The Morgan fingerprint density at radius 1 is 0.964 bits per heavy atom. The summed E-state index contributed by atoms with van der Waals surface area (Å²) in [5.41, 5.74) is 1.13. The van der Waals surface area contributed by atoms with Gasteiger partial charge in [-0.25, -0.2) is 4.79 Å². The van der Waals surface area contributed by atoms with Crippen LogP contribution in [0.15, 0.2) is 60.7 Å². The summed E-state index contributed by atoms with van der Waals surface area (Å²) in [6.45, 7) is 5.55. The lowest BCUT2D eigenvalue weighted by Crippen LogP contribution is -2.52. The summed E-state index contributed by atoms with van der Waals surface area (Å²) >= 11 is 0. The molecule has 2 rings (SSSR count). The van der Waals surface area contributed by atoms with E-state index in [1.165, 1.54) is 0 Å².